The molecule has 3 rings (SSSR count). The van der Waals surface area contributed by atoms with Gasteiger partial charge >= 0.3 is 0 Å². The number of rotatable bonds is 3. The second kappa shape index (κ2) is 5.20. The summed E-state index contributed by atoms with van der Waals surface area (Å²) in [6.07, 6.45) is 5.62. The Morgan fingerprint density at radius 2 is 2.00 bits per heavy atom. The summed E-state index contributed by atoms with van der Waals surface area (Å²) in [6.45, 7) is 7.14. The van der Waals surface area contributed by atoms with Gasteiger partial charge in [-0.25, -0.2) is 0 Å². The van der Waals surface area contributed by atoms with Gasteiger partial charge in [0.2, 0.25) is 0 Å². The monoisotopic (exact) mass is 289 g/mol. The van der Waals surface area contributed by atoms with Crippen LogP contribution in [-0.4, -0.2) is 12.2 Å². The van der Waals surface area contributed by atoms with E-state index in [9.17, 15) is 0 Å². The molecule has 1 aromatic rings. The van der Waals surface area contributed by atoms with E-state index in [1.807, 2.05) is 18.2 Å². The topological polar surface area (TPSA) is 44.5 Å². The summed E-state index contributed by atoms with van der Waals surface area (Å²) < 4.78 is 12.4. The van der Waals surface area contributed by atoms with E-state index in [1.54, 1.807) is 0 Å². The molecule has 116 valence electrons. The molecule has 21 heavy (non-hydrogen) atoms. The molecule has 1 heterocycles. The van der Waals surface area contributed by atoms with E-state index in [1.165, 1.54) is 12.8 Å². The van der Waals surface area contributed by atoms with Crippen molar-refractivity contribution < 1.29 is 9.47 Å². The second-order valence-corrected chi connectivity index (χ2v) is 7.42. The van der Waals surface area contributed by atoms with E-state index in [0.29, 0.717) is 12.5 Å². The summed E-state index contributed by atoms with van der Waals surface area (Å²) in [7, 11) is 0. The summed E-state index contributed by atoms with van der Waals surface area (Å²) >= 11 is 0. The Bertz CT molecular complexity index is 516. The quantitative estimate of drug-likeness (QED) is 0.915. The summed E-state index contributed by atoms with van der Waals surface area (Å²) in [6, 6.07) is 6.07. The van der Waals surface area contributed by atoms with Gasteiger partial charge in [0.05, 0.1) is 12.2 Å². The summed E-state index contributed by atoms with van der Waals surface area (Å²) in [5.41, 5.74) is 7.30. The predicted octanol–water partition coefficient (Wildman–Crippen LogP) is 3.99. The van der Waals surface area contributed by atoms with Gasteiger partial charge in [-0.1, -0.05) is 19.9 Å². The van der Waals surface area contributed by atoms with E-state index in [2.05, 4.69) is 20.8 Å². The molecule has 3 heteroatoms. The number of ether oxygens (including phenoxy) is 2. The molecule has 2 aliphatic rings. The molecule has 0 bridgehead atoms. The normalized spacial score (nSPS) is 26.7. The Kier molecular flexibility index (Phi) is 3.64. The van der Waals surface area contributed by atoms with Gasteiger partial charge in [-0.15, -0.1) is 0 Å². The van der Waals surface area contributed by atoms with Crippen LogP contribution in [0.3, 0.4) is 0 Å². The van der Waals surface area contributed by atoms with Gasteiger partial charge < -0.3 is 15.2 Å². The standard InChI is InChI=1S/C18H27NO2/c1-13(2)11-20-14-7-6-8-15-16(14)17(3,19)12-18(21-15)9-4-5-10-18/h6-8,13H,4-5,9-12,19H2,1-3H3. The zero-order chi connectivity index (χ0) is 15.1. The lowest BCUT2D eigenvalue weighted by atomic mass is 9.77. The van der Waals surface area contributed by atoms with Crippen molar-refractivity contribution in [1.82, 2.24) is 0 Å². The van der Waals surface area contributed by atoms with Crippen LogP contribution in [0.15, 0.2) is 18.2 Å². The minimum Gasteiger partial charge on any atom is -0.493 e. The minimum atomic E-state index is -0.383. The van der Waals surface area contributed by atoms with Crippen LogP contribution in [0, 0.1) is 5.92 Å². The molecule has 1 aliphatic heterocycles. The number of benzene rings is 1. The third-order valence-electron chi connectivity index (χ3n) is 4.66. The van der Waals surface area contributed by atoms with E-state index >= 15 is 0 Å². The molecule has 2 N–H and O–H groups in total. The fourth-order valence-electron chi connectivity index (χ4n) is 3.86. The molecule has 3 nitrogen and oxygen atoms in total. The van der Waals surface area contributed by atoms with Crippen LogP contribution >= 0.6 is 0 Å². The lowest BCUT2D eigenvalue weighted by Crippen LogP contribution is -2.49. The maximum Gasteiger partial charge on any atom is 0.128 e. The Balaban J connectivity index is 1.96. The maximum atomic E-state index is 6.69. The van der Waals surface area contributed by atoms with Crippen LogP contribution in [0.5, 0.6) is 11.5 Å². The Labute approximate surface area is 127 Å². The summed E-state index contributed by atoms with van der Waals surface area (Å²) in [5.74, 6) is 2.31. The largest absolute Gasteiger partial charge is 0.493 e. The van der Waals surface area contributed by atoms with Crippen molar-refractivity contribution in [2.24, 2.45) is 11.7 Å². The molecule has 1 aromatic carbocycles. The van der Waals surface area contributed by atoms with Crippen LogP contribution in [-0.2, 0) is 5.54 Å². The molecule has 1 atom stereocenters. The predicted molar refractivity (Wildman–Crippen MR) is 84.8 cm³/mol. The van der Waals surface area contributed by atoms with Gasteiger partial charge in [-0.3, -0.25) is 0 Å². The maximum absolute atomic E-state index is 6.69. The molecule has 1 aliphatic carbocycles. The Morgan fingerprint density at radius 3 is 2.67 bits per heavy atom. The molecule has 1 spiro atoms. The van der Waals surface area contributed by atoms with E-state index in [0.717, 1.165) is 36.3 Å². The van der Waals surface area contributed by atoms with Crippen molar-refractivity contribution in [2.45, 2.75) is 64.0 Å². The van der Waals surface area contributed by atoms with E-state index in [4.69, 9.17) is 15.2 Å². The highest BCUT2D eigenvalue weighted by molar-refractivity contribution is 5.51. The third kappa shape index (κ3) is 2.76. The fourth-order valence-corrected chi connectivity index (χ4v) is 3.86. The number of hydrogen-bond donors (Lipinski definition) is 1. The van der Waals surface area contributed by atoms with Crippen LogP contribution < -0.4 is 15.2 Å². The number of fused-ring (bicyclic) bond motifs is 1. The number of hydrogen-bond acceptors (Lipinski definition) is 3. The van der Waals surface area contributed by atoms with Gasteiger partial charge in [-0.05, 0) is 50.7 Å². The van der Waals surface area contributed by atoms with Gasteiger partial charge in [0, 0.05) is 12.0 Å². The average Bonchev–Trinajstić information content (AvgIpc) is 2.82. The first-order valence-corrected chi connectivity index (χ1v) is 8.16. The van der Waals surface area contributed by atoms with Crippen molar-refractivity contribution in [2.75, 3.05) is 6.61 Å². The fraction of sp³-hybridized carbons (Fsp3) is 0.667. The van der Waals surface area contributed by atoms with Crippen LogP contribution in [0.2, 0.25) is 0 Å². The van der Waals surface area contributed by atoms with Crippen molar-refractivity contribution in [3.05, 3.63) is 23.8 Å². The molecule has 1 saturated carbocycles. The first-order chi connectivity index (χ1) is 9.92. The second-order valence-electron chi connectivity index (χ2n) is 7.42. The molecule has 0 aromatic heterocycles. The molecular formula is C18H27NO2. The SMILES string of the molecule is CC(C)COc1cccc2c1C(C)(N)CC1(CCCC1)O2. The highest BCUT2D eigenvalue weighted by Gasteiger charge is 2.48. The Morgan fingerprint density at radius 1 is 1.29 bits per heavy atom. The van der Waals surface area contributed by atoms with Crippen molar-refractivity contribution in [3.63, 3.8) is 0 Å². The summed E-state index contributed by atoms with van der Waals surface area (Å²) in [5, 5.41) is 0. The van der Waals surface area contributed by atoms with Crippen molar-refractivity contribution >= 4 is 0 Å². The van der Waals surface area contributed by atoms with Crippen LogP contribution in [0.25, 0.3) is 0 Å². The minimum absolute atomic E-state index is 0.0484. The van der Waals surface area contributed by atoms with Gasteiger partial charge in [0.15, 0.2) is 0 Å². The highest BCUT2D eigenvalue weighted by Crippen LogP contribution is 2.51. The van der Waals surface area contributed by atoms with Gasteiger partial charge in [-0.2, -0.15) is 0 Å². The summed E-state index contributed by atoms with van der Waals surface area (Å²) in [4.78, 5) is 0. The molecule has 0 amide bonds. The zero-order valence-electron chi connectivity index (χ0n) is 13.4. The van der Waals surface area contributed by atoms with Gasteiger partial charge in [0.1, 0.15) is 17.1 Å². The first kappa shape index (κ1) is 14.7. The average molecular weight is 289 g/mol. The van der Waals surface area contributed by atoms with E-state index in [-0.39, 0.29) is 11.1 Å². The third-order valence-corrected chi connectivity index (χ3v) is 4.66. The van der Waals surface area contributed by atoms with Crippen LogP contribution in [0.1, 0.15) is 58.4 Å². The highest BCUT2D eigenvalue weighted by atomic mass is 16.5. The van der Waals surface area contributed by atoms with Crippen molar-refractivity contribution in [1.29, 1.82) is 0 Å². The molecule has 1 unspecified atom stereocenters. The zero-order valence-corrected chi connectivity index (χ0v) is 13.4. The molecular weight excluding hydrogens is 262 g/mol. The molecule has 1 fully saturated rings. The first-order valence-electron chi connectivity index (χ1n) is 8.16. The molecule has 0 radical (unpaired) electrons. The number of nitrogens with two attached hydrogens (primary N) is 1. The lowest BCUT2D eigenvalue weighted by molar-refractivity contribution is 0.0208. The van der Waals surface area contributed by atoms with Crippen molar-refractivity contribution in [3.8, 4) is 11.5 Å². The lowest BCUT2D eigenvalue weighted by Gasteiger charge is -2.44. The Hall–Kier alpha value is -1.22. The van der Waals surface area contributed by atoms with E-state index < -0.39 is 0 Å². The van der Waals surface area contributed by atoms with Crippen LogP contribution in [0.4, 0.5) is 0 Å². The molecule has 0 saturated heterocycles. The smallest absolute Gasteiger partial charge is 0.128 e. The van der Waals surface area contributed by atoms with Gasteiger partial charge in [0.25, 0.3) is 0 Å².